The van der Waals surface area contributed by atoms with Crippen LogP contribution in [-0.2, 0) is 7.05 Å². The Morgan fingerprint density at radius 2 is 1.74 bits per heavy atom. The summed E-state index contributed by atoms with van der Waals surface area (Å²) in [6.45, 7) is 2.04. The molecule has 9 heteroatoms. The van der Waals surface area contributed by atoms with Crippen LogP contribution in [0.1, 0.15) is 44.7 Å². The van der Waals surface area contributed by atoms with Crippen molar-refractivity contribution >= 4 is 0 Å². The summed E-state index contributed by atoms with van der Waals surface area (Å²) >= 11 is 0. The Bertz CT molecular complexity index is 852. The van der Waals surface area contributed by atoms with E-state index in [0.717, 1.165) is 17.4 Å². The molecule has 0 unspecified atom stereocenters. The molecule has 0 amide bonds. The second-order valence-electron chi connectivity index (χ2n) is 7.63. The molecule has 7 rings (SSSR count). The highest BCUT2D eigenvalue weighted by molar-refractivity contribution is 5.15. The minimum absolute atomic E-state index is 0.0535. The zero-order chi connectivity index (χ0) is 16.3. The molecule has 4 bridgehead atoms. The van der Waals surface area contributed by atoms with Crippen LogP contribution in [0, 0.1) is 21.4 Å². The number of hydrogen-bond donors (Lipinski definition) is 0. The molecule has 6 aliphatic rings. The van der Waals surface area contributed by atoms with E-state index in [1.165, 1.54) is 7.05 Å². The highest BCUT2D eigenvalue weighted by Gasteiger charge is 2.71. The monoisotopic (exact) mass is 321 g/mol. The van der Waals surface area contributed by atoms with Crippen LogP contribution in [0.3, 0.4) is 0 Å². The van der Waals surface area contributed by atoms with Crippen LogP contribution in [0.5, 0.6) is 0 Å². The van der Waals surface area contributed by atoms with E-state index in [4.69, 9.17) is 0 Å². The lowest BCUT2D eigenvalue weighted by atomic mass is 9.51. The van der Waals surface area contributed by atoms with Crippen LogP contribution in [0.4, 0.5) is 0 Å². The molecular weight excluding hydrogens is 302 g/mol. The van der Waals surface area contributed by atoms with Crippen molar-refractivity contribution in [1.82, 2.24) is 19.1 Å². The maximum absolute atomic E-state index is 12.5. The van der Waals surface area contributed by atoms with Crippen LogP contribution >= 0.6 is 0 Å². The average Bonchev–Trinajstić information content (AvgIpc) is 2.77. The second-order valence-corrected chi connectivity index (χ2v) is 7.63. The Morgan fingerprint density at radius 3 is 2.48 bits per heavy atom. The lowest BCUT2D eigenvalue weighted by Gasteiger charge is -2.64. The van der Waals surface area contributed by atoms with Crippen LogP contribution in [0.15, 0.2) is 9.59 Å². The van der Waals surface area contributed by atoms with Gasteiger partial charge in [0.2, 0.25) is 6.04 Å². The average molecular weight is 321 g/mol. The topological polar surface area (TPSA) is 95.3 Å². The molecule has 2 saturated carbocycles. The number of nitroso groups, excluding NO2 is 1. The van der Waals surface area contributed by atoms with E-state index in [9.17, 15) is 19.7 Å². The maximum Gasteiger partial charge on any atom is 0.347 e. The minimum atomic E-state index is -0.438. The lowest BCUT2D eigenvalue weighted by molar-refractivity contribution is -0.768. The molecule has 0 spiro atoms. The van der Waals surface area contributed by atoms with Gasteiger partial charge in [0, 0.05) is 18.9 Å². The molecule has 4 aliphatic heterocycles. The molecule has 0 radical (unpaired) electrons. The molecule has 1 aromatic rings. The van der Waals surface area contributed by atoms with Crippen LogP contribution in [-0.4, -0.2) is 36.1 Å². The summed E-state index contributed by atoms with van der Waals surface area (Å²) in [5.41, 5.74) is -1.07. The summed E-state index contributed by atoms with van der Waals surface area (Å²) in [5, 5.41) is 12.9. The summed E-state index contributed by atoms with van der Waals surface area (Å²) in [6.07, 6.45) is 2.91. The van der Waals surface area contributed by atoms with E-state index in [1.54, 1.807) is 9.36 Å². The molecule has 2 aliphatic carbocycles. The van der Waals surface area contributed by atoms with Crippen LogP contribution in [0.25, 0.3) is 0 Å². The SMILES string of the molecule is Cn1c(=O)n2n(c1=O)[C@H]1CC[C@@H]2[C@H]2[C@@H]3CC[C@@H](N([O-])[N+]3=O)[C@]21C. The van der Waals surface area contributed by atoms with Crippen molar-refractivity contribution < 1.29 is 4.87 Å². The molecule has 23 heavy (non-hydrogen) atoms. The highest BCUT2D eigenvalue weighted by atomic mass is 16.6. The standard InChI is InChI=1S/C14H19N5O4/c1-14-9-5-3-7(16-12(20)15(2)13(21)17(9)16)11(14)8-4-6-10(14)19(23)18(8)22/h7-11H,3-6H2,1-2H3/t7-,8+,9+,10-,11+,14-/m1/s1. The van der Waals surface area contributed by atoms with Gasteiger partial charge in [-0.2, -0.15) is 5.17 Å². The van der Waals surface area contributed by atoms with E-state index in [-0.39, 0.29) is 29.4 Å². The molecule has 5 heterocycles. The smallest absolute Gasteiger partial charge is 0.347 e. The predicted octanol–water partition coefficient (Wildman–Crippen LogP) is -0.101. The van der Waals surface area contributed by atoms with Gasteiger partial charge in [-0.05, 0) is 19.3 Å². The van der Waals surface area contributed by atoms with Gasteiger partial charge >= 0.3 is 11.4 Å². The first-order valence-electron chi connectivity index (χ1n) is 8.21. The summed E-state index contributed by atoms with van der Waals surface area (Å²) < 4.78 is 4.27. The number of nitrogens with zero attached hydrogens (tertiary/aromatic N) is 5. The predicted molar refractivity (Wildman–Crippen MR) is 78.5 cm³/mol. The van der Waals surface area contributed by atoms with Gasteiger partial charge in [0.05, 0.1) is 29.0 Å². The first kappa shape index (κ1) is 13.5. The summed E-state index contributed by atoms with van der Waals surface area (Å²) in [5.74, 6) is -0.0535. The van der Waals surface area contributed by atoms with Gasteiger partial charge < -0.3 is 5.21 Å². The molecular formula is C14H19N5O4. The quantitative estimate of drug-likeness (QED) is 0.622. The van der Waals surface area contributed by atoms with Gasteiger partial charge in [-0.1, -0.05) is 6.92 Å². The van der Waals surface area contributed by atoms with Crippen molar-refractivity contribution in [3.8, 4) is 0 Å². The number of fused-ring (bicyclic) bond motifs is 3. The molecule has 0 aromatic carbocycles. The van der Waals surface area contributed by atoms with E-state index < -0.39 is 17.5 Å². The maximum atomic E-state index is 12.5. The van der Waals surface area contributed by atoms with Gasteiger partial charge in [0.25, 0.3) is 0 Å². The number of rotatable bonds is 0. The highest BCUT2D eigenvalue weighted by Crippen LogP contribution is 2.64. The van der Waals surface area contributed by atoms with Crippen LogP contribution in [0.2, 0.25) is 0 Å². The Balaban J connectivity index is 1.82. The van der Waals surface area contributed by atoms with E-state index >= 15 is 0 Å². The first-order chi connectivity index (χ1) is 10.9. The Kier molecular flexibility index (Phi) is 2.22. The van der Waals surface area contributed by atoms with Gasteiger partial charge in [-0.15, -0.1) is 0 Å². The van der Waals surface area contributed by atoms with E-state index in [2.05, 4.69) is 0 Å². The normalized spacial score (nSPS) is 43.7. The molecule has 6 atom stereocenters. The van der Waals surface area contributed by atoms with Gasteiger partial charge in [-0.3, -0.25) is 0 Å². The first-order valence-corrected chi connectivity index (χ1v) is 8.21. The van der Waals surface area contributed by atoms with Gasteiger partial charge in [0.1, 0.15) is 4.87 Å². The third-order valence-electron chi connectivity index (χ3n) is 7.01. The zero-order valence-corrected chi connectivity index (χ0v) is 13.1. The van der Waals surface area contributed by atoms with Crippen molar-refractivity contribution in [1.29, 1.82) is 0 Å². The molecule has 0 N–H and O–H groups in total. The molecule has 2 saturated heterocycles. The summed E-state index contributed by atoms with van der Waals surface area (Å²) in [4.78, 5) is 37.9. The number of aromatic nitrogens is 3. The van der Waals surface area contributed by atoms with Crippen LogP contribution < -0.4 is 11.4 Å². The van der Waals surface area contributed by atoms with Crippen molar-refractivity contribution in [2.24, 2.45) is 18.4 Å². The molecule has 9 nitrogen and oxygen atoms in total. The summed E-state index contributed by atoms with van der Waals surface area (Å²) in [6, 6.07) is -1.19. The van der Waals surface area contributed by atoms with Gasteiger partial charge in [-0.25, -0.2) is 23.5 Å². The summed E-state index contributed by atoms with van der Waals surface area (Å²) in [7, 11) is 1.49. The van der Waals surface area contributed by atoms with Crippen molar-refractivity contribution in [2.75, 3.05) is 0 Å². The van der Waals surface area contributed by atoms with Crippen molar-refractivity contribution in [2.45, 2.75) is 56.8 Å². The number of hydrazine groups is 1. The zero-order valence-electron chi connectivity index (χ0n) is 13.1. The fraction of sp³-hybridized carbons (Fsp3) is 0.857. The fourth-order valence-corrected chi connectivity index (χ4v) is 6.09. The number of hydrogen-bond acceptors (Lipinski definition) is 4. The fourth-order valence-electron chi connectivity index (χ4n) is 6.09. The van der Waals surface area contributed by atoms with E-state index in [1.807, 2.05) is 6.92 Å². The Morgan fingerprint density at radius 1 is 1.09 bits per heavy atom. The third-order valence-corrected chi connectivity index (χ3v) is 7.01. The van der Waals surface area contributed by atoms with E-state index in [0.29, 0.717) is 22.9 Å². The third kappa shape index (κ3) is 1.20. The van der Waals surface area contributed by atoms with Crippen molar-refractivity contribution in [3.63, 3.8) is 0 Å². The Hall–Kier alpha value is -1.90. The lowest BCUT2D eigenvalue weighted by Crippen LogP contribution is -2.74. The Labute approximate surface area is 131 Å². The molecule has 4 fully saturated rings. The molecule has 124 valence electrons. The minimum Gasteiger partial charge on any atom is -0.704 e. The van der Waals surface area contributed by atoms with Gasteiger partial charge in [0.15, 0.2) is 0 Å². The number of hydroxylamine groups is 1. The second kappa shape index (κ2) is 3.77. The largest absolute Gasteiger partial charge is 0.704 e. The van der Waals surface area contributed by atoms with Crippen molar-refractivity contribution in [3.05, 3.63) is 31.1 Å². The molecule has 1 aromatic heterocycles.